The molecule has 1 rings (SSSR count). The summed E-state index contributed by atoms with van der Waals surface area (Å²) in [7, 11) is 2.52. The van der Waals surface area contributed by atoms with E-state index in [0.29, 0.717) is 5.75 Å². The number of ketones is 1. The van der Waals surface area contributed by atoms with E-state index < -0.39 is 11.8 Å². The third kappa shape index (κ3) is 2.53. The Hall–Kier alpha value is -1.43. The lowest BCUT2D eigenvalue weighted by Gasteiger charge is -2.17. The molecule has 0 unspecified atom stereocenters. The van der Waals surface area contributed by atoms with E-state index >= 15 is 0 Å². The number of Topliss-reactive ketones (excluding diaryl/α,β-unsaturated/α-hetero) is 1. The van der Waals surface area contributed by atoms with Crippen molar-refractivity contribution in [2.45, 2.75) is 5.97 Å². The van der Waals surface area contributed by atoms with Crippen molar-refractivity contribution in [3.8, 4) is 5.75 Å². The van der Waals surface area contributed by atoms with Gasteiger partial charge in [0.2, 0.25) is 0 Å². The monoisotopic (exact) mass is 212 g/mol. The number of carbonyl (C=O) groups excluding carboxylic acids is 1. The van der Waals surface area contributed by atoms with Gasteiger partial charge in [-0.15, -0.1) is 0 Å². The lowest BCUT2D eigenvalue weighted by atomic mass is 10.1. The molecule has 0 bridgehead atoms. The molecule has 0 aliphatic carbocycles. The summed E-state index contributed by atoms with van der Waals surface area (Å²) in [5.41, 5.74) is 0.127. The molecule has 0 radical (unpaired) electrons. The molecule has 0 amide bonds. The van der Waals surface area contributed by atoms with Crippen molar-refractivity contribution >= 4 is 5.78 Å². The summed E-state index contributed by atoms with van der Waals surface area (Å²) in [5, 5.41) is 18.2. The van der Waals surface area contributed by atoms with Crippen molar-refractivity contribution < 1.29 is 24.5 Å². The molecule has 0 atom stereocenters. The van der Waals surface area contributed by atoms with Gasteiger partial charge in [0.25, 0.3) is 5.78 Å². The molecule has 0 fully saturated rings. The summed E-state index contributed by atoms with van der Waals surface area (Å²) in [4.78, 5) is 11.4. The third-order valence-electron chi connectivity index (χ3n) is 1.93. The molecule has 5 heteroatoms. The zero-order valence-corrected chi connectivity index (χ0v) is 8.43. The minimum Gasteiger partial charge on any atom is -0.497 e. The molecule has 82 valence electrons. The van der Waals surface area contributed by atoms with Gasteiger partial charge in [-0.05, 0) is 24.3 Å². The number of benzene rings is 1. The molecule has 5 nitrogen and oxygen atoms in total. The van der Waals surface area contributed by atoms with Gasteiger partial charge in [-0.25, -0.2) is 0 Å². The number of hydrogen-bond acceptors (Lipinski definition) is 5. The van der Waals surface area contributed by atoms with Crippen LogP contribution in [-0.2, 0) is 4.74 Å². The van der Waals surface area contributed by atoms with Crippen LogP contribution in [0.15, 0.2) is 24.3 Å². The average molecular weight is 212 g/mol. The summed E-state index contributed by atoms with van der Waals surface area (Å²) in [6.45, 7) is 0. The van der Waals surface area contributed by atoms with Crippen LogP contribution in [0.4, 0.5) is 0 Å². The standard InChI is InChI=1S/C10H12O5/c1-14-8-5-3-7(4-6-8)9(11)10(12,13)15-2/h3-6,12-13H,1-2H3. The van der Waals surface area contributed by atoms with Gasteiger partial charge < -0.3 is 19.7 Å². The van der Waals surface area contributed by atoms with Gasteiger partial charge >= 0.3 is 5.97 Å². The van der Waals surface area contributed by atoms with Crippen LogP contribution in [0.1, 0.15) is 10.4 Å². The highest BCUT2D eigenvalue weighted by atomic mass is 16.8. The fourth-order valence-electron chi connectivity index (χ4n) is 1.02. The summed E-state index contributed by atoms with van der Waals surface area (Å²) < 4.78 is 9.13. The van der Waals surface area contributed by atoms with Crippen LogP contribution in [0.3, 0.4) is 0 Å². The predicted molar refractivity (Wildman–Crippen MR) is 51.5 cm³/mol. The Balaban J connectivity index is 2.92. The van der Waals surface area contributed by atoms with Gasteiger partial charge in [0.15, 0.2) is 0 Å². The van der Waals surface area contributed by atoms with Crippen molar-refractivity contribution in [1.29, 1.82) is 0 Å². The Morgan fingerprint density at radius 1 is 1.20 bits per heavy atom. The van der Waals surface area contributed by atoms with Crippen LogP contribution in [0, 0.1) is 0 Å². The van der Waals surface area contributed by atoms with E-state index in [1.54, 1.807) is 12.1 Å². The van der Waals surface area contributed by atoms with E-state index in [0.717, 1.165) is 7.11 Å². The molecule has 0 aliphatic rings. The van der Waals surface area contributed by atoms with E-state index in [1.165, 1.54) is 19.2 Å². The second-order valence-corrected chi connectivity index (χ2v) is 2.87. The first-order valence-corrected chi connectivity index (χ1v) is 4.20. The molecule has 0 saturated heterocycles. The Morgan fingerprint density at radius 3 is 2.13 bits per heavy atom. The number of carbonyl (C=O) groups is 1. The smallest absolute Gasteiger partial charge is 0.346 e. The maximum atomic E-state index is 11.4. The highest BCUT2D eigenvalue weighted by Crippen LogP contribution is 2.16. The first-order chi connectivity index (χ1) is 7.01. The van der Waals surface area contributed by atoms with Crippen molar-refractivity contribution in [1.82, 2.24) is 0 Å². The normalized spacial score (nSPS) is 11.2. The molecule has 0 aliphatic heterocycles. The molecule has 0 spiro atoms. The van der Waals surface area contributed by atoms with Crippen LogP contribution >= 0.6 is 0 Å². The molecule has 2 N–H and O–H groups in total. The lowest BCUT2D eigenvalue weighted by molar-refractivity contribution is -0.283. The third-order valence-corrected chi connectivity index (χ3v) is 1.93. The van der Waals surface area contributed by atoms with Gasteiger partial charge in [0.05, 0.1) is 7.11 Å². The van der Waals surface area contributed by atoms with E-state index in [2.05, 4.69) is 4.74 Å². The lowest BCUT2D eigenvalue weighted by Crippen LogP contribution is -2.40. The van der Waals surface area contributed by atoms with Crippen molar-refractivity contribution in [2.24, 2.45) is 0 Å². The Morgan fingerprint density at radius 2 is 1.73 bits per heavy atom. The Bertz CT molecular complexity index is 341. The van der Waals surface area contributed by atoms with Crippen LogP contribution in [0.25, 0.3) is 0 Å². The van der Waals surface area contributed by atoms with E-state index in [9.17, 15) is 4.79 Å². The zero-order chi connectivity index (χ0) is 11.5. The molecule has 15 heavy (non-hydrogen) atoms. The van der Waals surface area contributed by atoms with Gasteiger partial charge in [0, 0.05) is 12.7 Å². The quantitative estimate of drug-likeness (QED) is 0.549. The largest absolute Gasteiger partial charge is 0.497 e. The van der Waals surface area contributed by atoms with Crippen LogP contribution in [0.2, 0.25) is 0 Å². The first-order valence-electron chi connectivity index (χ1n) is 4.20. The fraction of sp³-hybridized carbons (Fsp3) is 0.300. The van der Waals surface area contributed by atoms with Crippen molar-refractivity contribution in [2.75, 3.05) is 14.2 Å². The second-order valence-electron chi connectivity index (χ2n) is 2.87. The number of aliphatic hydroxyl groups is 2. The van der Waals surface area contributed by atoms with E-state index in [4.69, 9.17) is 14.9 Å². The highest BCUT2D eigenvalue weighted by Gasteiger charge is 2.34. The topological polar surface area (TPSA) is 76.0 Å². The fourth-order valence-corrected chi connectivity index (χ4v) is 1.02. The van der Waals surface area contributed by atoms with Gasteiger partial charge in [-0.1, -0.05) is 0 Å². The minimum absolute atomic E-state index is 0.127. The number of methoxy groups -OCH3 is 2. The molecule has 0 saturated carbocycles. The summed E-state index contributed by atoms with van der Waals surface area (Å²) in [6.07, 6.45) is 0. The minimum atomic E-state index is -2.78. The van der Waals surface area contributed by atoms with Gasteiger partial charge in [-0.3, -0.25) is 4.79 Å². The molecule has 1 aromatic carbocycles. The molecular weight excluding hydrogens is 200 g/mol. The molecule has 0 aromatic heterocycles. The van der Waals surface area contributed by atoms with Crippen LogP contribution < -0.4 is 4.74 Å². The van der Waals surface area contributed by atoms with Gasteiger partial charge in [-0.2, -0.15) is 0 Å². The molecule has 0 heterocycles. The second kappa shape index (κ2) is 4.39. The Labute approximate surface area is 86.9 Å². The highest BCUT2D eigenvalue weighted by molar-refractivity contribution is 6.00. The van der Waals surface area contributed by atoms with Crippen molar-refractivity contribution in [3.05, 3.63) is 29.8 Å². The Kier molecular flexibility index (Phi) is 3.41. The van der Waals surface area contributed by atoms with Crippen molar-refractivity contribution in [3.63, 3.8) is 0 Å². The number of ether oxygens (including phenoxy) is 2. The maximum absolute atomic E-state index is 11.4. The summed E-state index contributed by atoms with van der Waals surface area (Å²) >= 11 is 0. The SMILES string of the molecule is COc1ccc(C(=O)C(O)(O)OC)cc1. The predicted octanol–water partition coefficient (Wildman–Crippen LogP) is 0.163. The number of rotatable bonds is 4. The van der Waals surface area contributed by atoms with Crippen LogP contribution in [-0.4, -0.2) is 36.2 Å². The maximum Gasteiger partial charge on any atom is 0.346 e. The molecular formula is C10H12O5. The van der Waals surface area contributed by atoms with E-state index in [1.807, 2.05) is 0 Å². The first kappa shape index (κ1) is 11.6. The summed E-state index contributed by atoms with van der Waals surface area (Å²) in [6, 6.07) is 5.92. The zero-order valence-electron chi connectivity index (χ0n) is 8.43. The van der Waals surface area contributed by atoms with Crippen LogP contribution in [0.5, 0.6) is 5.75 Å². The van der Waals surface area contributed by atoms with E-state index in [-0.39, 0.29) is 5.56 Å². The van der Waals surface area contributed by atoms with Gasteiger partial charge in [0.1, 0.15) is 5.75 Å². The average Bonchev–Trinajstić information content (AvgIpc) is 2.28. The molecule has 1 aromatic rings. The number of hydrogen-bond donors (Lipinski definition) is 2. The summed E-state index contributed by atoms with van der Waals surface area (Å²) in [5.74, 6) is -3.13.